The van der Waals surface area contributed by atoms with E-state index in [0.29, 0.717) is 12.5 Å². The predicted octanol–water partition coefficient (Wildman–Crippen LogP) is 3.76. The standard InChI is InChI=1S/C21H26N2O2.ClH/c1-22-15-17-11-13-23(14-12-17)21(24)19-7-9-20(10-8-19)25-16-18-5-3-2-4-6-18;/h2-10,17,22H,11-16H2,1H3;1H. The van der Waals surface area contributed by atoms with Crippen LogP contribution >= 0.6 is 12.4 Å². The van der Waals surface area contributed by atoms with Crippen molar-refractivity contribution in [2.75, 3.05) is 26.7 Å². The van der Waals surface area contributed by atoms with E-state index in [9.17, 15) is 4.79 Å². The number of amides is 1. The van der Waals surface area contributed by atoms with E-state index in [1.165, 1.54) is 0 Å². The van der Waals surface area contributed by atoms with Gasteiger partial charge in [-0.25, -0.2) is 0 Å². The second-order valence-corrected chi connectivity index (χ2v) is 6.59. The minimum atomic E-state index is 0. The Hall–Kier alpha value is -2.04. The number of rotatable bonds is 6. The number of ether oxygens (including phenoxy) is 1. The summed E-state index contributed by atoms with van der Waals surface area (Å²) in [6.45, 7) is 3.26. The van der Waals surface area contributed by atoms with Crippen LogP contribution in [0.3, 0.4) is 0 Å². The summed E-state index contributed by atoms with van der Waals surface area (Å²) >= 11 is 0. The normalized spacial score (nSPS) is 14.6. The fourth-order valence-electron chi connectivity index (χ4n) is 3.25. The van der Waals surface area contributed by atoms with Crippen LogP contribution in [-0.2, 0) is 6.61 Å². The second-order valence-electron chi connectivity index (χ2n) is 6.59. The molecule has 4 nitrogen and oxygen atoms in total. The Morgan fingerprint density at radius 3 is 2.35 bits per heavy atom. The first-order valence-corrected chi connectivity index (χ1v) is 8.97. The first-order chi connectivity index (χ1) is 12.3. The van der Waals surface area contributed by atoms with Gasteiger partial charge in [0.1, 0.15) is 12.4 Å². The molecule has 0 saturated carbocycles. The maximum absolute atomic E-state index is 12.6. The van der Waals surface area contributed by atoms with E-state index < -0.39 is 0 Å². The van der Waals surface area contributed by atoms with Crippen molar-refractivity contribution in [2.45, 2.75) is 19.4 Å². The number of carbonyl (C=O) groups is 1. The van der Waals surface area contributed by atoms with Crippen LogP contribution in [0.1, 0.15) is 28.8 Å². The Morgan fingerprint density at radius 2 is 1.73 bits per heavy atom. The molecule has 2 aromatic rings. The minimum absolute atomic E-state index is 0. The maximum Gasteiger partial charge on any atom is 0.253 e. The van der Waals surface area contributed by atoms with Crippen LogP contribution in [0.4, 0.5) is 0 Å². The minimum Gasteiger partial charge on any atom is -0.489 e. The predicted molar refractivity (Wildman–Crippen MR) is 107 cm³/mol. The van der Waals surface area contributed by atoms with Gasteiger partial charge >= 0.3 is 0 Å². The quantitative estimate of drug-likeness (QED) is 0.837. The molecule has 1 heterocycles. The molecule has 0 unspecified atom stereocenters. The van der Waals surface area contributed by atoms with Gasteiger partial charge in [-0.3, -0.25) is 4.79 Å². The van der Waals surface area contributed by atoms with E-state index >= 15 is 0 Å². The van der Waals surface area contributed by atoms with Crippen molar-refractivity contribution in [2.24, 2.45) is 5.92 Å². The molecule has 2 aromatic carbocycles. The average molecular weight is 375 g/mol. The van der Waals surface area contributed by atoms with Crippen LogP contribution in [0.25, 0.3) is 0 Å². The van der Waals surface area contributed by atoms with Crippen LogP contribution in [-0.4, -0.2) is 37.5 Å². The highest BCUT2D eigenvalue weighted by molar-refractivity contribution is 5.94. The van der Waals surface area contributed by atoms with Crippen LogP contribution in [0.15, 0.2) is 54.6 Å². The molecular formula is C21H27ClN2O2. The first-order valence-electron chi connectivity index (χ1n) is 8.97. The number of piperidine rings is 1. The number of likely N-dealkylation sites (tertiary alicyclic amines) is 1. The summed E-state index contributed by atoms with van der Waals surface area (Å²) in [5.41, 5.74) is 1.87. The monoisotopic (exact) mass is 374 g/mol. The third-order valence-corrected chi connectivity index (χ3v) is 4.74. The molecule has 1 saturated heterocycles. The largest absolute Gasteiger partial charge is 0.489 e. The van der Waals surface area contributed by atoms with Crippen LogP contribution in [0.5, 0.6) is 5.75 Å². The third-order valence-electron chi connectivity index (χ3n) is 4.74. The highest BCUT2D eigenvalue weighted by Gasteiger charge is 2.23. The molecule has 1 fully saturated rings. The van der Waals surface area contributed by atoms with E-state index in [1.54, 1.807) is 0 Å². The summed E-state index contributed by atoms with van der Waals surface area (Å²) in [7, 11) is 1.99. The lowest BCUT2D eigenvalue weighted by atomic mass is 9.96. The molecule has 0 spiro atoms. The molecule has 0 radical (unpaired) electrons. The lowest BCUT2D eigenvalue weighted by molar-refractivity contribution is 0.0691. The molecule has 1 aliphatic rings. The lowest BCUT2D eigenvalue weighted by Gasteiger charge is -2.32. The van der Waals surface area contributed by atoms with E-state index in [2.05, 4.69) is 5.32 Å². The van der Waals surface area contributed by atoms with Crippen molar-refractivity contribution in [1.82, 2.24) is 10.2 Å². The number of hydrogen-bond acceptors (Lipinski definition) is 3. The van der Waals surface area contributed by atoms with E-state index in [0.717, 1.165) is 49.4 Å². The molecule has 5 heteroatoms. The van der Waals surface area contributed by atoms with Gasteiger partial charge in [-0.1, -0.05) is 30.3 Å². The molecule has 0 bridgehead atoms. The van der Waals surface area contributed by atoms with Crippen LogP contribution < -0.4 is 10.1 Å². The average Bonchev–Trinajstić information content (AvgIpc) is 2.68. The molecular weight excluding hydrogens is 348 g/mol. The van der Waals surface area contributed by atoms with E-state index in [4.69, 9.17) is 4.74 Å². The Balaban J connectivity index is 0.00000243. The third kappa shape index (κ3) is 5.48. The summed E-state index contributed by atoms with van der Waals surface area (Å²) in [6.07, 6.45) is 2.15. The van der Waals surface area contributed by atoms with Crippen molar-refractivity contribution >= 4 is 18.3 Å². The fourth-order valence-corrected chi connectivity index (χ4v) is 3.25. The van der Waals surface area contributed by atoms with Gasteiger partial charge in [0, 0.05) is 18.7 Å². The van der Waals surface area contributed by atoms with Crippen molar-refractivity contribution < 1.29 is 9.53 Å². The number of nitrogens with one attached hydrogen (secondary N) is 1. The smallest absolute Gasteiger partial charge is 0.253 e. The molecule has 1 N–H and O–H groups in total. The van der Waals surface area contributed by atoms with Gasteiger partial charge in [0.25, 0.3) is 5.91 Å². The zero-order valence-electron chi connectivity index (χ0n) is 15.2. The summed E-state index contributed by atoms with van der Waals surface area (Å²) in [6, 6.07) is 17.6. The summed E-state index contributed by atoms with van der Waals surface area (Å²) in [4.78, 5) is 14.6. The Morgan fingerprint density at radius 1 is 1.08 bits per heavy atom. The lowest BCUT2D eigenvalue weighted by Crippen LogP contribution is -2.40. The zero-order valence-corrected chi connectivity index (χ0v) is 16.0. The Bertz CT molecular complexity index is 668. The SMILES string of the molecule is CNCC1CCN(C(=O)c2ccc(OCc3ccccc3)cc2)CC1.Cl. The fraction of sp³-hybridized carbons (Fsp3) is 0.381. The molecule has 3 rings (SSSR count). The van der Waals surface area contributed by atoms with Crippen LogP contribution in [0, 0.1) is 5.92 Å². The second kappa shape index (κ2) is 10.2. The molecule has 140 valence electrons. The van der Waals surface area contributed by atoms with E-state index in [-0.39, 0.29) is 18.3 Å². The summed E-state index contributed by atoms with van der Waals surface area (Å²) in [5, 5.41) is 3.23. The molecule has 0 atom stereocenters. The number of nitrogens with zero attached hydrogens (tertiary/aromatic N) is 1. The van der Waals surface area contributed by atoms with Gasteiger partial charge in [-0.05, 0) is 62.2 Å². The van der Waals surface area contributed by atoms with Crippen molar-refractivity contribution in [1.29, 1.82) is 0 Å². The topological polar surface area (TPSA) is 41.6 Å². The molecule has 0 aliphatic carbocycles. The van der Waals surface area contributed by atoms with Crippen molar-refractivity contribution in [3.8, 4) is 5.75 Å². The van der Waals surface area contributed by atoms with Gasteiger partial charge in [0.15, 0.2) is 0 Å². The Labute approximate surface area is 162 Å². The van der Waals surface area contributed by atoms with Gasteiger partial charge in [0.2, 0.25) is 0 Å². The molecule has 0 aromatic heterocycles. The highest BCUT2D eigenvalue weighted by atomic mass is 35.5. The Kier molecular flexibility index (Phi) is 7.95. The van der Waals surface area contributed by atoms with Crippen molar-refractivity contribution in [3.63, 3.8) is 0 Å². The maximum atomic E-state index is 12.6. The summed E-state index contributed by atoms with van der Waals surface area (Å²) < 4.78 is 5.78. The van der Waals surface area contributed by atoms with Crippen LogP contribution in [0.2, 0.25) is 0 Å². The van der Waals surface area contributed by atoms with Gasteiger partial charge in [-0.2, -0.15) is 0 Å². The first kappa shape index (κ1) is 20.3. The van der Waals surface area contributed by atoms with Gasteiger partial charge in [0.05, 0.1) is 0 Å². The highest BCUT2D eigenvalue weighted by Crippen LogP contribution is 2.20. The van der Waals surface area contributed by atoms with E-state index in [1.807, 2.05) is 66.5 Å². The number of carbonyl (C=O) groups excluding carboxylic acids is 1. The zero-order chi connectivity index (χ0) is 17.5. The number of benzene rings is 2. The summed E-state index contributed by atoms with van der Waals surface area (Å²) in [5.74, 6) is 1.59. The number of hydrogen-bond donors (Lipinski definition) is 1. The van der Waals surface area contributed by atoms with Crippen molar-refractivity contribution in [3.05, 3.63) is 65.7 Å². The molecule has 1 aliphatic heterocycles. The van der Waals surface area contributed by atoms with Gasteiger partial charge < -0.3 is 15.0 Å². The number of halogens is 1. The van der Waals surface area contributed by atoms with Gasteiger partial charge in [-0.15, -0.1) is 12.4 Å². The molecule has 26 heavy (non-hydrogen) atoms. The molecule has 1 amide bonds.